The van der Waals surface area contributed by atoms with E-state index in [4.69, 9.17) is 9.84 Å². The van der Waals surface area contributed by atoms with E-state index in [1.54, 1.807) is 24.3 Å². The average molecular weight is 333 g/mol. The fraction of sp³-hybridized carbons (Fsp3) is 0.467. The van der Waals surface area contributed by atoms with Gasteiger partial charge in [-0.1, -0.05) is 25.1 Å². The Bertz CT molecular complexity index is 519. The number of carbonyl (C=O) groups excluding carboxylic acids is 1. The van der Waals surface area contributed by atoms with E-state index >= 15 is 0 Å². The maximum Gasteiger partial charge on any atom is 0.391 e. The second kappa shape index (κ2) is 8.40. The molecule has 0 saturated carbocycles. The van der Waals surface area contributed by atoms with Crippen LogP contribution in [0.5, 0.6) is 5.75 Å². The Morgan fingerprint density at radius 2 is 1.87 bits per heavy atom. The van der Waals surface area contributed by atoms with Gasteiger partial charge in [0.05, 0.1) is 13.0 Å². The van der Waals surface area contributed by atoms with Gasteiger partial charge in [-0.2, -0.15) is 13.2 Å². The molecular formula is C15H18F3NO4. The van der Waals surface area contributed by atoms with Crippen LogP contribution in [-0.4, -0.2) is 35.8 Å². The zero-order valence-corrected chi connectivity index (χ0v) is 12.5. The van der Waals surface area contributed by atoms with Crippen LogP contribution in [0.25, 0.3) is 0 Å². The molecule has 23 heavy (non-hydrogen) atoms. The Kier molecular flexibility index (Phi) is 6.87. The minimum atomic E-state index is -4.67. The van der Waals surface area contributed by atoms with Gasteiger partial charge in [-0.05, 0) is 18.6 Å². The maximum absolute atomic E-state index is 12.3. The summed E-state index contributed by atoms with van der Waals surface area (Å²) in [7, 11) is 0. The Morgan fingerprint density at radius 3 is 2.39 bits per heavy atom. The number of hydrogen-bond donors (Lipinski definition) is 2. The van der Waals surface area contributed by atoms with Crippen molar-refractivity contribution in [2.45, 2.75) is 32.0 Å². The number of amides is 1. The van der Waals surface area contributed by atoms with Crippen molar-refractivity contribution in [2.24, 2.45) is 5.92 Å². The molecule has 0 bridgehead atoms. The van der Waals surface area contributed by atoms with Crippen LogP contribution in [0.1, 0.15) is 19.8 Å². The number of rotatable bonds is 8. The van der Waals surface area contributed by atoms with E-state index in [0.717, 1.165) is 0 Å². The Hall–Kier alpha value is -2.25. The highest BCUT2D eigenvalue weighted by Crippen LogP contribution is 2.22. The molecule has 0 spiro atoms. The summed E-state index contributed by atoms with van der Waals surface area (Å²) >= 11 is 0. The molecule has 1 aromatic rings. The molecule has 0 aromatic heterocycles. The van der Waals surface area contributed by atoms with E-state index in [9.17, 15) is 22.8 Å². The van der Waals surface area contributed by atoms with E-state index in [1.165, 1.54) is 6.92 Å². The highest BCUT2D eigenvalue weighted by molar-refractivity contribution is 5.84. The van der Waals surface area contributed by atoms with Gasteiger partial charge in [0.15, 0.2) is 0 Å². The summed E-state index contributed by atoms with van der Waals surface area (Å²) in [6.45, 7) is 1.69. The van der Waals surface area contributed by atoms with Gasteiger partial charge in [0, 0.05) is 5.92 Å². The molecule has 0 radical (unpaired) electrons. The van der Waals surface area contributed by atoms with Crippen molar-refractivity contribution in [1.29, 1.82) is 0 Å². The molecular weight excluding hydrogens is 315 g/mol. The van der Waals surface area contributed by atoms with Crippen LogP contribution in [-0.2, 0) is 9.59 Å². The molecule has 0 aliphatic heterocycles. The third kappa shape index (κ3) is 7.53. The summed E-state index contributed by atoms with van der Waals surface area (Å²) in [6.07, 6.45) is -6.03. The quantitative estimate of drug-likeness (QED) is 0.767. The predicted molar refractivity (Wildman–Crippen MR) is 76.0 cm³/mol. The van der Waals surface area contributed by atoms with Crippen molar-refractivity contribution >= 4 is 11.9 Å². The normalized spacial score (nSPS) is 13.9. The number of nitrogens with one attached hydrogen (secondary N) is 1. The number of aliphatic carboxylic acids is 1. The van der Waals surface area contributed by atoms with Gasteiger partial charge in [0.1, 0.15) is 11.8 Å². The molecule has 2 N–H and O–H groups in total. The minimum Gasteiger partial charge on any atom is -0.494 e. The van der Waals surface area contributed by atoms with Gasteiger partial charge in [-0.15, -0.1) is 0 Å². The number of carbonyl (C=O) groups is 2. The largest absolute Gasteiger partial charge is 0.494 e. The summed E-state index contributed by atoms with van der Waals surface area (Å²) in [5.74, 6) is -2.53. The fourth-order valence-electron chi connectivity index (χ4n) is 1.75. The summed E-state index contributed by atoms with van der Waals surface area (Å²) in [5, 5.41) is 10.7. The van der Waals surface area contributed by atoms with Gasteiger partial charge in [0.25, 0.3) is 0 Å². The smallest absolute Gasteiger partial charge is 0.391 e. The van der Waals surface area contributed by atoms with Crippen LogP contribution in [0.2, 0.25) is 0 Å². The number of halogens is 3. The Labute approximate surface area is 131 Å². The predicted octanol–water partition coefficient (Wildman–Crippen LogP) is 2.61. The zero-order valence-electron chi connectivity index (χ0n) is 12.5. The van der Waals surface area contributed by atoms with E-state index in [1.807, 2.05) is 11.4 Å². The number of carboxylic acid groups (broad SMARTS) is 1. The van der Waals surface area contributed by atoms with Crippen molar-refractivity contribution in [2.75, 3.05) is 6.61 Å². The summed E-state index contributed by atoms with van der Waals surface area (Å²) in [5.41, 5.74) is 0. The van der Waals surface area contributed by atoms with E-state index < -0.39 is 36.4 Å². The van der Waals surface area contributed by atoms with Gasteiger partial charge in [-0.25, -0.2) is 4.79 Å². The molecule has 1 aromatic carbocycles. The number of para-hydroxylation sites is 1. The van der Waals surface area contributed by atoms with Crippen LogP contribution in [0.4, 0.5) is 13.2 Å². The molecule has 0 saturated heterocycles. The second-order valence-corrected chi connectivity index (χ2v) is 5.07. The van der Waals surface area contributed by atoms with Crippen LogP contribution in [0.15, 0.2) is 30.3 Å². The highest BCUT2D eigenvalue weighted by Gasteiger charge is 2.36. The molecule has 0 heterocycles. The number of alkyl halides is 3. The van der Waals surface area contributed by atoms with Crippen LogP contribution in [0, 0.1) is 5.92 Å². The Morgan fingerprint density at radius 1 is 1.26 bits per heavy atom. The number of ether oxygens (including phenoxy) is 1. The zero-order chi connectivity index (χ0) is 17.5. The molecule has 0 aliphatic rings. The van der Waals surface area contributed by atoms with Gasteiger partial charge in [0.2, 0.25) is 5.91 Å². The third-order valence-electron chi connectivity index (χ3n) is 3.06. The summed E-state index contributed by atoms with van der Waals surface area (Å²) in [4.78, 5) is 22.6. The van der Waals surface area contributed by atoms with E-state index in [0.29, 0.717) is 5.75 Å². The summed E-state index contributed by atoms with van der Waals surface area (Å²) < 4.78 is 42.2. The monoisotopic (exact) mass is 333 g/mol. The maximum atomic E-state index is 12.3. The molecule has 1 amide bonds. The topological polar surface area (TPSA) is 75.6 Å². The first-order valence-corrected chi connectivity index (χ1v) is 6.97. The lowest BCUT2D eigenvalue weighted by Crippen LogP contribution is -2.45. The standard InChI is InChI=1S/C15H18F3NO4/c1-10(7-8-23-11-5-3-2-4-6-11)13(20)19-12(14(21)22)9-15(16,17)18/h2-6,10,12H,7-9H2,1H3,(H,19,20)(H,21,22). The molecule has 1 rings (SSSR count). The third-order valence-corrected chi connectivity index (χ3v) is 3.06. The lowest BCUT2D eigenvalue weighted by Gasteiger charge is -2.19. The lowest BCUT2D eigenvalue weighted by molar-refractivity contribution is -0.160. The van der Waals surface area contributed by atoms with Crippen molar-refractivity contribution in [1.82, 2.24) is 5.32 Å². The molecule has 0 fully saturated rings. The first kappa shape index (κ1) is 18.8. The summed E-state index contributed by atoms with van der Waals surface area (Å²) in [6, 6.07) is 6.85. The van der Waals surface area contributed by atoms with E-state index in [2.05, 4.69) is 0 Å². The van der Waals surface area contributed by atoms with Crippen molar-refractivity contribution in [3.8, 4) is 5.75 Å². The molecule has 8 heteroatoms. The molecule has 128 valence electrons. The van der Waals surface area contributed by atoms with E-state index in [-0.39, 0.29) is 13.0 Å². The SMILES string of the molecule is CC(CCOc1ccccc1)C(=O)NC(CC(F)(F)F)C(=O)O. The van der Waals surface area contributed by atoms with Crippen molar-refractivity contribution in [3.63, 3.8) is 0 Å². The van der Waals surface area contributed by atoms with Gasteiger partial charge in [-0.3, -0.25) is 4.79 Å². The highest BCUT2D eigenvalue weighted by atomic mass is 19.4. The molecule has 2 unspecified atom stereocenters. The molecule has 0 aliphatic carbocycles. The lowest BCUT2D eigenvalue weighted by atomic mass is 10.1. The van der Waals surface area contributed by atoms with Gasteiger partial charge < -0.3 is 15.2 Å². The second-order valence-electron chi connectivity index (χ2n) is 5.07. The number of benzene rings is 1. The number of hydrogen-bond acceptors (Lipinski definition) is 3. The molecule has 5 nitrogen and oxygen atoms in total. The van der Waals surface area contributed by atoms with Crippen molar-refractivity contribution < 1.29 is 32.6 Å². The van der Waals surface area contributed by atoms with Crippen LogP contribution < -0.4 is 10.1 Å². The minimum absolute atomic E-state index is 0.190. The molecule has 2 atom stereocenters. The van der Waals surface area contributed by atoms with Gasteiger partial charge >= 0.3 is 12.1 Å². The fourth-order valence-corrected chi connectivity index (χ4v) is 1.75. The van der Waals surface area contributed by atoms with Crippen LogP contribution >= 0.6 is 0 Å². The first-order chi connectivity index (χ1) is 10.7. The number of carboxylic acids is 1. The average Bonchev–Trinajstić information content (AvgIpc) is 2.46. The van der Waals surface area contributed by atoms with Crippen molar-refractivity contribution in [3.05, 3.63) is 30.3 Å². The van der Waals surface area contributed by atoms with Crippen LogP contribution in [0.3, 0.4) is 0 Å². The first-order valence-electron chi connectivity index (χ1n) is 6.97. The Balaban J connectivity index is 2.44.